The maximum atomic E-state index is 11.2. The van der Waals surface area contributed by atoms with Crippen molar-refractivity contribution >= 4 is 5.97 Å². The summed E-state index contributed by atoms with van der Waals surface area (Å²) in [6.45, 7) is 3.70. The van der Waals surface area contributed by atoms with E-state index in [9.17, 15) is 4.79 Å². The molecular weight excluding hydrogens is 230 g/mol. The number of hydrogen-bond acceptors (Lipinski definition) is 3. The third kappa shape index (κ3) is 2.48. The van der Waals surface area contributed by atoms with E-state index in [2.05, 4.69) is 4.98 Å². The second kappa shape index (κ2) is 4.87. The van der Waals surface area contributed by atoms with Gasteiger partial charge in [-0.2, -0.15) is 0 Å². The lowest BCUT2D eigenvalue weighted by Crippen LogP contribution is -2.01. The van der Waals surface area contributed by atoms with Crippen molar-refractivity contribution in [2.45, 2.75) is 13.8 Å². The first-order valence-electron chi connectivity index (χ1n) is 5.50. The highest BCUT2D eigenvalue weighted by atomic mass is 16.5. The Bertz CT molecular complexity index is 593. The first-order chi connectivity index (χ1) is 8.58. The molecular formula is C14H13NO3. The lowest BCUT2D eigenvalue weighted by atomic mass is 10.1. The molecule has 0 radical (unpaired) electrons. The largest absolute Gasteiger partial charge is 0.478 e. The van der Waals surface area contributed by atoms with Crippen molar-refractivity contribution in [1.82, 2.24) is 4.98 Å². The molecule has 0 bridgehead atoms. The van der Waals surface area contributed by atoms with Gasteiger partial charge >= 0.3 is 5.97 Å². The maximum Gasteiger partial charge on any atom is 0.339 e. The van der Waals surface area contributed by atoms with E-state index in [1.807, 2.05) is 19.9 Å². The van der Waals surface area contributed by atoms with E-state index in [1.54, 1.807) is 30.6 Å². The van der Waals surface area contributed by atoms with Crippen LogP contribution >= 0.6 is 0 Å². The van der Waals surface area contributed by atoms with Gasteiger partial charge in [0.25, 0.3) is 0 Å². The number of rotatable bonds is 3. The fraction of sp³-hybridized carbons (Fsp3) is 0.143. The van der Waals surface area contributed by atoms with Crippen LogP contribution in [0.15, 0.2) is 36.7 Å². The molecule has 18 heavy (non-hydrogen) atoms. The zero-order valence-electron chi connectivity index (χ0n) is 10.2. The molecule has 0 amide bonds. The predicted molar refractivity (Wildman–Crippen MR) is 67.2 cm³/mol. The molecule has 1 heterocycles. The van der Waals surface area contributed by atoms with E-state index in [1.165, 1.54) is 0 Å². The maximum absolute atomic E-state index is 11.2. The number of carbonyl (C=O) groups is 1. The number of ether oxygens (including phenoxy) is 1. The van der Waals surface area contributed by atoms with E-state index < -0.39 is 5.97 Å². The van der Waals surface area contributed by atoms with Crippen molar-refractivity contribution in [2.75, 3.05) is 0 Å². The van der Waals surface area contributed by atoms with E-state index in [4.69, 9.17) is 9.84 Å². The summed E-state index contributed by atoms with van der Waals surface area (Å²) in [5.74, 6) is -0.0563. The first-order valence-corrected chi connectivity index (χ1v) is 5.50. The summed E-state index contributed by atoms with van der Waals surface area (Å²) in [6.07, 6.45) is 3.28. The van der Waals surface area contributed by atoms with Crippen LogP contribution in [-0.4, -0.2) is 16.1 Å². The van der Waals surface area contributed by atoms with Crippen LogP contribution < -0.4 is 4.74 Å². The Morgan fingerprint density at radius 3 is 2.67 bits per heavy atom. The van der Waals surface area contributed by atoms with Gasteiger partial charge in [-0.25, -0.2) is 4.79 Å². The molecule has 0 fully saturated rings. The van der Waals surface area contributed by atoms with Gasteiger partial charge in [0.2, 0.25) is 0 Å². The molecule has 0 unspecified atom stereocenters. The summed E-state index contributed by atoms with van der Waals surface area (Å²) >= 11 is 0. The number of hydrogen-bond donors (Lipinski definition) is 1. The molecule has 2 aromatic rings. The van der Waals surface area contributed by atoms with Crippen LogP contribution in [0, 0.1) is 13.8 Å². The molecule has 0 aliphatic heterocycles. The number of benzene rings is 1. The topological polar surface area (TPSA) is 59.4 Å². The van der Waals surface area contributed by atoms with Gasteiger partial charge in [-0.3, -0.25) is 4.98 Å². The average Bonchev–Trinajstić information content (AvgIpc) is 2.34. The molecule has 0 aliphatic rings. The van der Waals surface area contributed by atoms with E-state index in [-0.39, 0.29) is 5.56 Å². The molecule has 1 N–H and O–H groups in total. The smallest absolute Gasteiger partial charge is 0.339 e. The summed E-state index contributed by atoms with van der Waals surface area (Å²) < 4.78 is 5.64. The zero-order valence-corrected chi connectivity index (χ0v) is 10.2. The van der Waals surface area contributed by atoms with Crippen molar-refractivity contribution in [3.63, 3.8) is 0 Å². The Hall–Kier alpha value is -2.36. The normalized spacial score (nSPS) is 10.1. The summed E-state index contributed by atoms with van der Waals surface area (Å²) in [4.78, 5) is 15.1. The standard InChI is InChI=1S/C14H13NO3/c1-9-3-4-13(11(7-9)14(16)17)18-12-5-6-15-8-10(12)2/h3-8H,1-2H3,(H,16,17). The van der Waals surface area contributed by atoms with Crippen LogP contribution in [0.1, 0.15) is 21.5 Å². The quantitative estimate of drug-likeness (QED) is 0.899. The minimum Gasteiger partial charge on any atom is -0.478 e. The molecule has 1 aromatic carbocycles. The van der Waals surface area contributed by atoms with E-state index >= 15 is 0 Å². The molecule has 0 spiro atoms. The summed E-state index contributed by atoms with van der Waals surface area (Å²) in [7, 11) is 0. The Balaban J connectivity index is 2.41. The molecule has 0 atom stereocenters. The van der Waals surface area contributed by atoms with Crippen LogP contribution in [0.4, 0.5) is 0 Å². The second-order valence-corrected chi connectivity index (χ2v) is 4.05. The molecule has 0 saturated carbocycles. The summed E-state index contributed by atoms with van der Waals surface area (Å²) in [5, 5.41) is 9.15. The number of nitrogens with zero attached hydrogens (tertiary/aromatic N) is 1. The highest BCUT2D eigenvalue weighted by Crippen LogP contribution is 2.28. The van der Waals surface area contributed by atoms with E-state index in [0.717, 1.165) is 11.1 Å². The van der Waals surface area contributed by atoms with Crippen LogP contribution in [-0.2, 0) is 0 Å². The van der Waals surface area contributed by atoms with Gasteiger partial charge < -0.3 is 9.84 Å². The molecule has 2 rings (SSSR count). The number of aromatic carboxylic acids is 1. The van der Waals surface area contributed by atoms with Crippen LogP contribution in [0.2, 0.25) is 0 Å². The number of pyridine rings is 1. The Labute approximate surface area is 105 Å². The fourth-order valence-electron chi connectivity index (χ4n) is 1.59. The minimum atomic E-state index is -1.000. The average molecular weight is 243 g/mol. The Kier molecular flexibility index (Phi) is 3.28. The first kappa shape index (κ1) is 12.1. The highest BCUT2D eigenvalue weighted by Gasteiger charge is 2.12. The van der Waals surface area contributed by atoms with Gasteiger partial charge in [0.1, 0.15) is 17.1 Å². The molecule has 0 aliphatic carbocycles. The number of carboxylic acids is 1. The van der Waals surface area contributed by atoms with Gasteiger partial charge in [0.15, 0.2) is 0 Å². The van der Waals surface area contributed by atoms with Crippen LogP contribution in [0.5, 0.6) is 11.5 Å². The predicted octanol–water partition coefficient (Wildman–Crippen LogP) is 3.19. The molecule has 1 aromatic heterocycles. The van der Waals surface area contributed by atoms with Crippen molar-refractivity contribution in [2.24, 2.45) is 0 Å². The van der Waals surface area contributed by atoms with Crippen LogP contribution in [0.25, 0.3) is 0 Å². The third-order valence-electron chi connectivity index (χ3n) is 2.55. The SMILES string of the molecule is Cc1ccc(Oc2ccncc2C)c(C(=O)O)c1. The molecule has 4 nitrogen and oxygen atoms in total. The van der Waals surface area contributed by atoms with Gasteiger partial charge in [0.05, 0.1) is 0 Å². The number of aromatic nitrogens is 1. The lowest BCUT2D eigenvalue weighted by Gasteiger charge is -2.11. The second-order valence-electron chi connectivity index (χ2n) is 4.05. The van der Waals surface area contributed by atoms with Gasteiger partial charge in [-0.15, -0.1) is 0 Å². The fourth-order valence-corrected chi connectivity index (χ4v) is 1.59. The van der Waals surface area contributed by atoms with Crippen molar-refractivity contribution in [1.29, 1.82) is 0 Å². The number of carboxylic acid groups (broad SMARTS) is 1. The lowest BCUT2D eigenvalue weighted by molar-refractivity contribution is 0.0694. The van der Waals surface area contributed by atoms with Crippen molar-refractivity contribution in [3.8, 4) is 11.5 Å². The van der Waals surface area contributed by atoms with Gasteiger partial charge in [-0.1, -0.05) is 11.6 Å². The van der Waals surface area contributed by atoms with Crippen molar-refractivity contribution < 1.29 is 14.6 Å². The molecule has 92 valence electrons. The van der Waals surface area contributed by atoms with Gasteiger partial charge in [-0.05, 0) is 32.0 Å². The van der Waals surface area contributed by atoms with Crippen LogP contribution in [0.3, 0.4) is 0 Å². The molecule has 0 saturated heterocycles. The van der Waals surface area contributed by atoms with E-state index in [0.29, 0.717) is 11.5 Å². The monoisotopic (exact) mass is 243 g/mol. The minimum absolute atomic E-state index is 0.159. The Morgan fingerprint density at radius 1 is 1.22 bits per heavy atom. The summed E-state index contributed by atoms with van der Waals surface area (Å²) in [6, 6.07) is 6.78. The van der Waals surface area contributed by atoms with Crippen molar-refractivity contribution in [3.05, 3.63) is 53.3 Å². The number of aryl methyl sites for hydroxylation is 2. The highest BCUT2D eigenvalue weighted by molar-refractivity contribution is 5.91. The molecule has 4 heteroatoms. The zero-order chi connectivity index (χ0) is 13.1. The Morgan fingerprint density at radius 2 is 2.00 bits per heavy atom. The summed E-state index contributed by atoms with van der Waals surface area (Å²) in [5.41, 5.74) is 1.90. The third-order valence-corrected chi connectivity index (χ3v) is 2.55. The van der Waals surface area contributed by atoms with Gasteiger partial charge in [0, 0.05) is 18.0 Å².